The molecule has 0 saturated carbocycles. The van der Waals surface area contributed by atoms with E-state index >= 15 is 0 Å². The Morgan fingerprint density at radius 3 is 2.72 bits per heavy atom. The number of aromatic nitrogens is 2. The summed E-state index contributed by atoms with van der Waals surface area (Å²) in [6, 6.07) is 11.9. The van der Waals surface area contributed by atoms with E-state index in [0.29, 0.717) is 17.6 Å². The molecule has 126 valence electrons. The predicted molar refractivity (Wildman–Crippen MR) is 93.6 cm³/mol. The first-order valence-corrected chi connectivity index (χ1v) is 8.49. The lowest BCUT2D eigenvalue weighted by Gasteiger charge is -2.36. The van der Waals surface area contributed by atoms with Crippen LogP contribution in [0.3, 0.4) is 0 Å². The fraction of sp³-hybridized carbons (Fsp3) is 0.250. The zero-order valence-electron chi connectivity index (χ0n) is 13.7. The molecule has 2 heterocycles. The second kappa shape index (κ2) is 6.59. The fourth-order valence-corrected chi connectivity index (χ4v) is 3.50. The molecule has 3 aromatic rings. The summed E-state index contributed by atoms with van der Waals surface area (Å²) in [5.41, 5.74) is 2.91. The number of carbonyl (C=O) groups is 1. The summed E-state index contributed by atoms with van der Waals surface area (Å²) in [4.78, 5) is 23.5. The third-order valence-corrected chi connectivity index (χ3v) is 4.71. The first-order valence-electron chi connectivity index (χ1n) is 8.49. The number of likely N-dealkylation sites (tertiary alicyclic amines) is 1. The number of fused-ring (bicyclic) bond motifs is 1. The standard InChI is InChI=1S/C20H18FN3O/c21-16-5-3-4-14(12-16)19-6-1-2-11-24(19)20(25)15-7-8-17-18(13-15)23-10-9-22-17/h3-5,7-10,12-13,19H,1-2,6,11H2/t19-/m1/s1. The molecule has 1 saturated heterocycles. The van der Waals surface area contributed by atoms with E-state index in [1.165, 1.54) is 12.1 Å². The van der Waals surface area contributed by atoms with Gasteiger partial charge in [0.2, 0.25) is 0 Å². The van der Waals surface area contributed by atoms with Gasteiger partial charge in [0.25, 0.3) is 5.91 Å². The number of piperidine rings is 1. The molecule has 1 atom stereocenters. The molecule has 0 radical (unpaired) electrons. The smallest absolute Gasteiger partial charge is 0.254 e. The van der Waals surface area contributed by atoms with Gasteiger partial charge in [0.1, 0.15) is 5.82 Å². The van der Waals surface area contributed by atoms with Crippen molar-refractivity contribution in [3.05, 3.63) is 71.8 Å². The van der Waals surface area contributed by atoms with Crippen molar-refractivity contribution in [2.75, 3.05) is 6.54 Å². The van der Waals surface area contributed by atoms with Gasteiger partial charge < -0.3 is 4.90 Å². The Bertz CT molecular complexity index is 927. The molecule has 1 fully saturated rings. The van der Waals surface area contributed by atoms with E-state index in [-0.39, 0.29) is 17.8 Å². The van der Waals surface area contributed by atoms with Crippen LogP contribution in [0.4, 0.5) is 4.39 Å². The number of halogens is 1. The molecule has 0 aliphatic carbocycles. The second-order valence-corrected chi connectivity index (χ2v) is 6.32. The first-order chi connectivity index (χ1) is 12.2. The Hall–Kier alpha value is -2.82. The zero-order chi connectivity index (χ0) is 17.2. The molecule has 0 unspecified atom stereocenters. The summed E-state index contributed by atoms with van der Waals surface area (Å²) in [7, 11) is 0. The molecule has 0 spiro atoms. The number of hydrogen-bond acceptors (Lipinski definition) is 3. The monoisotopic (exact) mass is 335 g/mol. The third-order valence-electron chi connectivity index (χ3n) is 4.71. The van der Waals surface area contributed by atoms with E-state index in [9.17, 15) is 9.18 Å². The molecule has 0 N–H and O–H groups in total. The van der Waals surface area contributed by atoms with E-state index < -0.39 is 0 Å². The predicted octanol–water partition coefficient (Wildman–Crippen LogP) is 4.14. The van der Waals surface area contributed by atoms with Crippen LogP contribution < -0.4 is 0 Å². The molecule has 1 aliphatic rings. The molecule has 4 nitrogen and oxygen atoms in total. The average molecular weight is 335 g/mol. The molecule has 25 heavy (non-hydrogen) atoms. The fourth-order valence-electron chi connectivity index (χ4n) is 3.50. The van der Waals surface area contributed by atoms with Crippen LogP contribution >= 0.6 is 0 Å². The third kappa shape index (κ3) is 3.09. The van der Waals surface area contributed by atoms with E-state index in [0.717, 1.165) is 30.3 Å². The maximum Gasteiger partial charge on any atom is 0.254 e. The minimum absolute atomic E-state index is 0.0403. The topological polar surface area (TPSA) is 46.1 Å². The van der Waals surface area contributed by atoms with E-state index in [2.05, 4.69) is 9.97 Å². The summed E-state index contributed by atoms with van der Waals surface area (Å²) in [5.74, 6) is -0.307. The molecule has 2 aromatic carbocycles. The molecule has 1 aliphatic heterocycles. The molecule has 0 bridgehead atoms. The quantitative estimate of drug-likeness (QED) is 0.707. The van der Waals surface area contributed by atoms with Crippen LogP contribution in [0.15, 0.2) is 54.9 Å². The van der Waals surface area contributed by atoms with Crippen LogP contribution in [0.25, 0.3) is 11.0 Å². The van der Waals surface area contributed by atoms with Crippen LogP contribution in [0, 0.1) is 5.82 Å². The molecular weight excluding hydrogens is 317 g/mol. The van der Waals surface area contributed by atoms with E-state index in [1.807, 2.05) is 17.0 Å². The van der Waals surface area contributed by atoms with Gasteiger partial charge in [0.05, 0.1) is 17.1 Å². The van der Waals surface area contributed by atoms with Crippen LogP contribution in [-0.4, -0.2) is 27.3 Å². The number of hydrogen-bond donors (Lipinski definition) is 0. The number of rotatable bonds is 2. The Labute approximate surface area is 145 Å². The Morgan fingerprint density at radius 2 is 1.88 bits per heavy atom. The van der Waals surface area contributed by atoms with Crippen molar-refractivity contribution in [3.8, 4) is 0 Å². The van der Waals surface area contributed by atoms with Gasteiger partial charge in [-0.15, -0.1) is 0 Å². The zero-order valence-corrected chi connectivity index (χ0v) is 13.7. The summed E-state index contributed by atoms with van der Waals surface area (Å²) in [6.07, 6.45) is 6.10. The maximum atomic E-state index is 13.6. The normalized spacial score (nSPS) is 17.6. The molecule has 1 amide bonds. The lowest BCUT2D eigenvalue weighted by molar-refractivity contribution is 0.0611. The van der Waals surface area contributed by atoms with Crippen molar-refractivity contribution in [1.82, 2.24) is 14.9 Å². The van der Waals surface area contributed by atoms with Crippen LogP contribution in [0.1, 0.15) is 41.2 Å². The van der Waals surface area contributed by atoms with Gasteiger partial charge in [0.15, 0.2) is 0 Å². The highest BCUT2D eigenvalue weighted by molar-refractivity contribution is 5.97. The van der Waals surface area contributed by atoms with Crippen LogP contribution in [0.5, 0.6) is 0 Å². The van der Waals surface area contributed by atoms with Crippen molar-refractivity contribution in [3.63, 3.8) is 0 Å². The van der Waals surface area contributed by atoms with Gasteiger partial charge in [-0.3, -0.25) is 14.8 Å². The largest absolute Gasteiger partial charge is 0.332 e. The molecular formula is C20H18FN3O. The Kier molecular flexibility index (Phi) is 4.14. The summed E-state index contributed by atoms with van der Waals surface area (Å²) in [5, 5.41) is 0. The van der Waals surface area contributed by atoms with Crippen molar-refractivity contribution in [1.29, 1.82) is 0 Å². The highest BCUT2D eigenvalue weighted by Crippen LogP contribution is 2.32. The second-order valence-electron chi connectivity index (χ2n) is 6.32. The lowest BCUT2D eigenvalue weighted by Crippen LogP contribution is -2.38. The highest BCUT2D eigenvalue weighted by Gasteiger charge is 2.29. The minimum Gasteiger partial charge on any atom is -0.332 e. The Morgan fingerprint density at radius 1 is 1.04 bits per heavy atom. The summed E-state index contributed by atoms with van der Waals surface area (Å²) in [6.45, 7) is 0.679. The van der Waals surface area contributed by atoms with Crippen molar-refractivity contribution in [2.45, 2.75) is 25.3 Å². The summed E-state index contributed by atoms with van der Waals surface area (Å²) >= 11 is 0. The van der Waals surface area contributed by atoms with Crippen molar-refractivity contribution < 1.29 is 9.18 Å². The van der Waals surface area contributed by atoms with Gasteiger partial charge in [-0.25, -0.2) is 4.39 Å². The number of nitrogens with zero attached hydrogens (tertiary/aromatic N) is 3. The van der Waals surface area contributed by atoms with Crippen LogP contribution in [-0.2, 0) is 0 Å². The lowest BCUT2D eigenvalue weighted by atomic mass is 9.94. The summed E-state index contributed by atoms with van der Waals surface area (Å²) < 4.78 is 13.6. The molecule has 1 aromatic heterocycles. The first kappa shape index (κ1) is 15.7. The SMILES string of the molecule is O=C(c1ccc2nccnc2c1)N1CCCC[C@@H]1c1cccc(F)c1. The van der Waals surface area contributed by atoms with Crippen molar-refractivity contribution in [2.24, 2.45) is 0 Å². The van der Waals surface area contributed by atoms with E-state index in [4.69, 9.17) is 0 Å². The van der Waals surface area contributed by atoms with Crippen molar-refractivity contribution >= 4 is 16.9 Å². The van der Waals surface area contributed by atoms with Gasteiger partial charge in [-0.2, -0.15) is 0 Å². The molecule has 4 rings (SSSR count). The Balaban J connectivity index is 1.68. The van der Waals surface area contributed by atoms with Gasteiger partial charge in [-0.05, 0) is 55.2 Å². The average Bonchev–Trinajstić information content (AvgIpc) is 2.67. The number of amides is 1. The van der Waals surface area contributed by atoms with Gasteiger partial charge >= 0.3 is 0 Å². The van der Waals surface area contributed by atoms with E-state index in [1.54, 1.807) is 30.6 Å². The van der Waals surface area contributed by atoms with Gasteiger partial charge in [0, 0.05) is 24.5 Å². The van der Waals surface area contributed by atoms with Gasteiger partial charge in [-0.1, -0.05) is 12.1 Å². The maximum absolute atomic E-state index is 13.6. The number of benzene rings is 2. The minimum atomic E-state index is -0.267. The highest BCUT2D eigenvalue weighted by atomic mass is 19.1. The van der Waals surface area contributed by atoms with Crippen LogP contribution in [0.2, 0.25) is 0 Å². The molecule has 5 heteroatoms. The number of carbonyl (C=O) groups excluding carboxylic acids is 1.